The van der Waals surface area contributed by atoms with Crippen LogP contribution in [-0.2, 0) is 20.9 Å². The second-order valence-corrected chi connectivity index (χ2v) is 7.09. The summed E-state index contributed by atoms with van der Waals surface area (Å²) < 4.78 is 5.97. The van der Waals surface area contributed by atoms with E-state index in [-0.39, 0.29) is 30.3 Å². The van der Waals surface area contributed by atoms with Gasteiger partial charge >= 0.3 is 0 Å². The second kappa shape index (κ2) is 7.88. The minimum Gasteiger partial charge on any atom is -0.373 e. The Labute approximate surface area is 158 Å². The molecule has 2 aliphatic heterocycles. The van der Waals surface area contributed by atoms with Crippen LogP contribution in [0.5, 0.6) is 0 Å². The number of aromatic nitrogens is 1. The van der Waals surface area contributed by atoms with Gasteiger partial charge in [-0.3, -0.25) is 14.6 Å². The standard InChI is InChI=1S/C21H23N3O3/c25-20-12-18(17-5-1-2-6-19(17)23-20)21(26)24-10-7-16(8-11-24)27-14-15-4-3-9-22-13-15/h1-6,9,13,16,18H,7-8,10-12,14H2,(H,23,25). The van der Waals surface area contributed by atoms with E-state index < -0.39 is 0 Å². The first kappa shape index (κ1) is 17.7. The van der Waals surface area contributed by atoms with Crippen LogP contribution in [0, 0.1) is 0 Å². The highest BCUT2D eigenvalue weighted by molar-refractivity contribution is 6.01. The van der Waals surface area contributed by atoms with Gasteiger partial charge in [0.15, 0.2) is 0 Å². The third kappa shape index (κ3) is 4.01. The molecule has 1 saturated heterocycles. The molecule has 1 aromatic heterocycles. The van der Waals surface area contributed by atoms with Gasteiger partial charge in [0.25, 0.3) is 0 Å². The summed E-state index contributed by atoms with van der Waals surface area (Å²) in [7, 11) is 0. The molecule has 1 aromatic carbocycles. The van der Waals surface area contributed by atoms with Crippen molar-refractivity contribution in [3.63, 3.8) is 0 Å². The molecule has 140 valence electrons. The van der Waals surface area contributed by atoms with Crippen LogP contribution in [-0.4, -0.2) is 40.9 Å². The number of likely N-dealkylation sites (tertiary alicyclic amines) is 1. The van der Waals surface area contributed by atoms with E-state index in [1.807, 2.05) is 47.5 Å². The molecule has 0 saturated carbocycles. The lowest BCUT2D eigenvalue weighted by atomic mass is 9.88. The van der Waals surface area contributed by atoms with Gasteiger partial charge in [0.2, 0.25) is 11.8 Å². The topological polar surface area (TPSA) is 71.5 Å². The molecule has 0 spiro atoms. The summed E-state index contributed by atoms with van der Waals surface area (Å²) in [6.45, 7) is 1.87. The number of rotatable bonds is 4. The summed E-state index contributed by atoms with van der Waals surface area (Å²) in [6.07, 6.45) is 5.55. The highest BCUT2D eigenvalue weighted by atomic mass is 16.5. The minimum absolute atomic E-state index is 0.0445. The molecular weight excluding hydrogens is 342 g/mol. The Morgan fingerprint density at radius 2 is 2.00 bits per heavy atom. The van der Waals surface area contributed by atoms with Crippen LogP contribution >= 0.6 is 0 Å². The van der Waals surface area contributed by atoms with Gasteiger partial charge in [-0.1, -0.05) is 24.3 Å². The van der Waals surface area contributed by atoms with Gasteiger partial charge in [-0.2, -0.15) is 0 Å². The summed E-state index contributed by atoms with van der Waals surface area (Å²) in [5.41, 5.74) is 2.72. The van der Waals surface area contributed by atoms with E-state index in [2.05, 4.69) is 10.3 Å². The van der Waals surface area contributed by atoms with Crippen LogP contribution in [0.3, 0.4) is 0 Å². The van der Waals surface area contributed by atoms with Gasteiger partial charge in [0.05, 0.1) is 18.6 Å². The van der Waals surface area contributed by atoms with Crippen molar-refractivity contribution in [2.45, 2.75) is 37.9 Å². The third-order valence-electron chi connectivity index (χ3n) is 5.26. The van der Waals surface area contributed by atoms with Crippen molar-refractivity contribution >= 4 is 17.5 Å². The van der Waals surface area contributed by atoms with E-state index >= 15 is 0 Å². The largest absolute Gasteiger partial charge is 0.373 e. The van der Waals surface area contributed by atoms with Crippen molar-refractivity contribution in [1.29, 1.82) is 0 Å². The van der Waals surface area contributed by atoms with Crippen LogP contribution in [0.25, 0.3) is 0 Å². The first-order valence-corrected chi connectivity index (χ1v) is 9.39. The maximum absolute atomic E-state index is 13.0. The van der Waals surface area contributed by atoms with E-state index in [0.29, 0.717) is 19.7 Å². The minimum atomic E-state index is -0.386. The Hall–Kier alpha value is -2.73. The number of para-hydroxylation sites is 1. The molecule has 2 amide bonds. The fourth-order valence-corrected chi connectivity index (χ4v) is 3.79. The van der Waals surface area contributed by atoms with Gasteiger partial charge in [-0.15, -0.1) is 0 Å². The first-order chi connectivity index (χ1) is 13.2. The van der Waals surface area contributed by atoms with E-state index in [1.54, 1.807) is 6.20 Å². The molecule has 4 rings (SSSR count). The van der Waals surface area contributed by atoms with Crippen LogP contribution < -0.4 is 5.32 Å². The smallest absolute Gasteiger partial charge is 0.230 e. The highest BCUT2D eigenvalue weighted by Crippen LogP contribution is 2.34. The number of piperidine rings is 1. The molecule has 1 fully saturated rings. The summed E-state index contributed by atoms with van der Waals surface area (Å²) in [6, 6.07) is 11.5. The third-order valence-corrected chi connectivity index (χ3v) is 5.26. The second-order valence-electron chi connectivity index (χ2n) is 7.09. The number of carbonyl (C=O) groups excluding carboxylic acids is 2. The average molecular weight is 365 g/mol. The number of ether oxygens (including phenoxy) is 1. The predicted molar refractivity (Wildman–Crippen MR) is 101 cm³/mol. The lowest BCUT2D eigenvalue weighted by Gasteiger charge is -2.35. The zero-order valence-corrected chi connectivity index (χ0v) is 15.1. The van der Waals surface area contributed by atoms with E-state index in [4.69, 9.17) is 4.74 Å². The van der Waals surface area contributed by atoms with Crippen LogP contribution in [0.2, 0.25) is 0 Å². The maximum atomic E-state index is 13.0. The molecule has 6 heteroatoms. The van der Waals surface area contributed by atoms with Crippen molar-refractivity contribution in [1.82, 2.24) is 9.88 Å². The average Bonchev–Trinajstić information content (AvgIpc) is 2.72. The van der Waals surface area contributed by atoms with Crippen molar-refractivity contribution in [3.05, 3.63) is 59.9 Å². The molecule has 0 radical (unpaired) electrons. The summed E-state index contributed by atoms with van der Waals surface area (Å²) in [4.78, 5) is 31.0. The number of hydrogen-bond acceptors (Lipinski definition) is 4. The Morgan fingerprint density at radius 3 is 2.78 bits per heavy atom. The van der Waals surface area contributed by atoms with Crippen LogP contribution in [0.15, 0.2) is 48.8 Å². The SMILES string of the molecule is O=C1CC(C(=O)N2CCC(OCc3cccnc3)CC2)c2ccccc2N1. The van der Waals surface area contributed by atoms with Gasteiger partial charge in [-0.05, 0) is 36.1 Å². The van der Waals surface area contributed by atoms with E-state index in [1.165, 1.54) is 0 Å². The van der Waals surface area contributed by atoms with Crippen molar-refractivity contribution in [2.24, 2.45) is 0 Å². The lowest BCUT2D eigenvalue weighted by molar-refractivity contribution is -0.137. The predicted octanol–water partition coefficient (Wildman–Crippen LogP) is 2.72. The monoisotopic (exact) mass is 365 g/mol. The number of anilines is 1. The normalized spacial score (nSPS) is 20.1. The molecule has 1 N–H and O–H groups in total. The Bertz CT molecular complexity index is 816. The Balaban J connectivity index is 1.34. The number of benzene rings is 1. The molecule has 0 bridgehead atoms. The number of nitrogens with one attached hydrogen (secondary N) is 1. The molecular formula is C21H23N3O3. The molecule has 6 nitrogen and oxygen atoms in total. The molecule has 2 aromatic rings. The zero-order valence-electron chi connectivity index (χ0n) is 15.1. The number of carbonyl (C=O) groups is 2. The molecule has 0 aliphatic carbocycles. The zero-order chi connectivity index (χ0) is 18.6. The number of fused-ring (bicyclic) bond motifs is 1. The lowest BCUT2D eigenvalue weighted by Crippen LogP contribution is -2.44. The number of amides is 2. The molecule has 27 heavy (non-hydrogen) atoms. The van der Waals surface area contributed by atoms with Gasteiger partial charge in [0.1, 0.15) is 0 Å². The summed E-state index contributed by atoms with van der Waals surface area (Å²) >= 11 is 0. The van der Waals surface area contributed by atoms with Gasteiger partial charge in [0, 0.05) is 37.6 Å². The van der Waals surface area contributed by atoms with Crippen molar-refractivity contribution in [3.8, 4) is 0 Å². The van der Waals surface area contributed by atoms with Gasteiger partial charge in [-0.25, -0.2) is 0 Å². The molecule has 2 aliphatic rings. The number of hydrogen-bond donors (Lipinski definition) is 1. The molecule has 1 unspecified atom stereocenters. The fraction of sp³-hybridized carbons (Fsp3) is 0.381. The quantitative estimate of drug-likeness (QED) is 0.904. The van der Waals surface area contributed by atoms with E-state index in [0.717, 1.165) is 29.7 Å². The highest BCUT2D eigenvalue weighted by Gasteiger charge is 2.34. The summed E-state index contributed by atoms with van der Waals surface area (Å²) in [5, 5.41) is 2.85. The number of nitrogens with zero attached hydrogens (tertiary/aromatic N) is 2. The Morgan fingerprint density at radius 1 is 1.19 bits per heavy atom. The van der Waals surface area contributed by atoms with Crippen molar-refractivity contribution < 1.29 is 14.3 Å². The molecule has 1 atom stereocenters. The first-order valence-electron chi connectivity index (χ1n) is 9.39. The van der Waals surface area contributed by atoms with E-state index in [9.17, 15) is 9.59 Å². The van der Waals surface area contributed by atoms with Crippen LogP contribution in [0.4, 0.5) is 5.69 Å². The fourth-order valence-electron chi connectivity index (χ4n) is 3.79. The Kier molecular flexibility index (Phi) is 5.16. The molecule has 3 heterocycles. The van der Waals surface area contributed by atoms with Gasteiger partial charge < -0.3 is 15.0 Å². The number of pyridine rings is 1. The summed E-state index contributed by atoms with van der Waals surface area (Å²) in [5.74, 6) is -0.437. The van der Waals surface area contributed by atoms with Crippen molar-refractivity contribution in [2.75, 3.05) is 18.4 Å². The van der Waals surface area contributed by atoms with Crippen LogP contribution in [0.1, 0.15) is 36.3 Å². The maximum Gasteiger partial charge on any atom is 0.230 e.